The van der Waals surface area contributed by atoms with Crippen molar-refractivity contribution in [1.29, 1.82) is 0 Å². The van der Waals surface area contributed by atoms with Crippen LogP contribution in [-0.2, 0) is 12.8 Å². The van der Waals surface area contributed by atoms with Crippen molar-refractivity contribution in [2.45, 2.75) is 78.3 Å². The zero-order valence-electron chi connectivity index (χ0n) is 33.8. The van der Waals surface area contributed by atoms with E-state index in [1.165, 1.54) is 61.3 Å². The molecule has 0 bridgehead atoms. The third-order valence-electron chi connectivity index (χ3n) is 11.1. The molecular weight excluding hydrogens is 679 g/mol. The summed E-state index contributed by atoms with van der Waals surface area (Å²) in [4.78, 5) is 5.37. The number of anilines is 2. The topological polar surface area (TPSA) is 37.0 Å². The van der Waals surface area contributed by atoms with Crippen molar-refractivity contribution in [3.05, 3.63) is 231 Å². The first-order valence-electron chi connectivity index (χ1n) is 20.3. The predicted octanol–water partition coefficient (Wildman–Crippen LogP) is 13.5. The van der Waals surface area contributed by atoms with Crippen LogP contribution in [0.5, 0.6) is 0 Å². The molecule has 0 aliphatic heterocycles. The zero-order chi connectivity index (χ0) is 39.0. The number of aryl methyl sites for hydroxylation is 4. The van der Waals surface area contributed by atoms with Crippen LogP contribution in [0.1, 0.15) is 119 Å². The summed E-state index contributed by atoms with van der Waals surface area (Å²) in [6.07, 6.45) is 1.97. The maximum atomic E-state index is 5.37. The molecule has 6 aromatic carbocycles. The summed E-state index contributed by atoms with van der Waals surface area (Å²) in [6.45, 7) is 13.4. The number of nitrogens with one attached hydrogen (secondary N) is 2. The van der Waals surface area contributed by atoms with Gasteiger partial charge in [0.25, 0.3) is 0 Å². The monoisotopic (exact) mass is 733 g/mol. The fourth-order valence-electron chi connectivity index (χ4n) is 8.37. The number of hydrogen-bond acceptors (Lipinski definition) is 3. The van der Waals surface area contributed by atoms with Crippen LogP contribution in [0.4, 0.5) is 11.4 Å². The second-order valence-corrected chi connectivity index (χ2v) is 15.2. The van der Waals surface area contributed by atoms with E-state index in [1.807, 2.05) is 0 Å². The standard InChI is InChI=1S/C53H55N3/c1-7-40-32-36(3)33-41(8-2)52(40)54-38(5)48-30-21-31-49(56-48)39(6)55-53-46(50(42-22-13-9-14-23-42)43-24-15-10-16-25-43)34-37(4)35-47(53)51(44-26-17-11-18-27-44)45-28-19-12-20-29-45/h9-35,38-39,50-51,54-55H,7-8H2,1-6H3. The number of rotatable bonds is 14. The lowest BCUT2D eigenvalue weighted by Gasteiger charge is -2.31. The molecular formula is C53H55N3. The highest BCUT2D eigenvalue weighted by atomic mass is 15.0. The van der Waals surface area contributed by atoms with Crippen LogP contribution in [0.3, 0.4) is 0 Å². The van der Waals surface area contributed by atoms with Crippen LogP contribution in [0.15, 0.2) is 164 Å². The van der Waals surface area contributed by atoms with Gasteiger partial charge in [0.1, 0.15) is 0 Å². The molecule has 0 aliphatic carbocycles. The molecule has 2 N–H and O–H groups in total. The zero-order valence-corrected chi connectivity index (χ0v) is 33.8. The third kappa shape index (κ3) is 8.48. The van der Waals surface area contributed by atoms with E-state index < -0.39 is 0 Å². The average Bonchev–Trinajstić information content (AvgIpc) is 3.24. The molecule has 0 fully saturated rings. The van der Waals surface area contributed by atoms with E-state index in [-0.39, 0.29) is 23.9 Å². The van der Waals surface area contributed by atoms with E-state index in [9.17, 15) is 0 Å². The molecule has 1 heterocycles. The van der Waals surface area contributed by atoms with Crippen LogP contribution in [-0.4, -0.2) is 4.98 Å². The van der Waals surface area contributed by atoms with E-state index in [0.29, 0.717) is 0 Å². The third-order valence-corrected chi connectivity index (χ3v) is 11.1. The Morgan fingerprint density at radius 1 is 0.429 bits per heavy atom. The summed E-state index contributed by atoms with van der Waals surface area (Å²) in [5.41, 5.74) is 17.3. The molecule has 56 heavy (non-hydrogen) atoms. The highest BCUT2D eigenvalue weighted by molar-refractivity contribution is 5.69. The Hall–Kier alpha value is -5.93. The Morgan fingerprint density at radius 2 is 0.768 bits per heavy atom. The van der Waals surface area contributed by atoms with Gasteiger partial charge in [-0.15, -0.1) is 0 Å². The summed E-state index contributed by atoms with van der Waals surface area (Å²) in [5.74, 6) is 0.0213. The molecule has 2 unspecified atom stereocenters. The summed E-state index contributed by atoms with van der Waals surface area (Å²) in [5, 5.41) is 8.02. The first-order chi connectivity index (χ1) is 27.3. The van der Waals surface area contributed by atoms with E-state index in [2.05, 4.69) is 216 Å². The van der Waals surface area contributed by atoms with Gasteiger partial charge in [-0.2, -0.15) is 0 Å². The maximum Gasteiger partial charge on any atom is 0.0657 e. The maximum absolute atomic E-state index is 5.37. The minimum Gasteiger partial charge on any atom is -0.377 e. The Morgan fingerprint density at radius 3 is 1.12 bits per heavy atom. The van der Waals surface area contributed by atoms with E-state index in [4.69, 9.17) is 4.98 Å². The van der Waals surface area contributed by atoms with Crippen LogP contribution in [0.25, 0.3) is 0 Å². The van der Waals surface area contributed by atoms with Gasteiger partial charge in [0.2, 0.25) is 0 Å². The number of hydrogen-bond donors (Lipinski definition) is 2. The molecule has 0 saturated heterocycles. The number of benzene rings is 6. The van der Waals surface area contributed by atoms with Gasteiger partial charge in [0, 0.05) is 23.2 Å². The molecule has 2 atom stereocenters. The van der Waals surface area contributed by atoms with Gasteiger partial charge in [-0.3, -0.25) is 4.98 Å². The van der Waals surface area contributed by atoms with Gasteiger partial charge in [-0.1, -0.05) is 177 Å². The Balaban J connectivity index is 1.36. The van der Waals surface area contributed by atoms with E-state index in [1.54, 1.807) is 0 Å². The molecule has 0 aliphatic rings. The van der Waals surface area contributed by atoms with Crippen LogP contribution >= 0.6 is 0 Å². The van der Waals surface area contributed by atoms with Crippen molar-refractivity contribution in [3.63, 3.8) is 0 Å². The van der Waals surface area contributed by atoms with Crippen LogP contribution < -0.4 is 10.6 Å². The second-order valence-electron chi connectivity index (χ2n) is 15.2. The summed E-state index contributed by atoms with van der Waals surface area (Å²) in [6, 6.07) is 59.6. The second kappa shape index (κ2) is 17.7. The molecule has 7 rings (SSSR count). The van der Waals surface area contributed by atoms with Crippen molar-refractivity contribution in [1.82, 2.24) is 4.98 Å². The lowest BCUT2D eigenvalue weighted by atomic mass is 9.78. The lowest BCUT2D eigenvalue weighted by Crippen LogP contribution is -2.18. The SMILES string of the molecule is CCc1cc(C)cc(CC)c1NC(C)c1cccc(C(C)Nc2c(C(c3ccccc3)c3ccccc3)cc(C)cc2C(c2ccccc2)c2ccccc2)n1. The number of aromatic nitrogens is 1. The highest BCUT2D eigenvalue weighted by Crippen LogP contribution is 2.45. The van der Waals surface area contributed by atoms with Crippen molar-refractivity contribution in [3.8, 4) is 0 Å². The average molecular weight is 734 g/mol. The smallest absolute Gasteiger partial charge is 0.0657 e. The minimum absolute atomic E-state index is 0.0106. The molecule has 7 aromatic rings. The van der Waals surface area contributed by atoms with E-state index in [0.717, 1.165) is 29.9 Å². The van der Waals surface area contributed by atoms with Gasteiger partial charge in [-0.05, 0) is 97.2 Å². The fourth-order valence-corrected chi connectivity index (χ4v) is 8.37. The molecule has 0 saturated carbocycles. The predicted molar refractivity (Wildman–Crippen MR) is 237 cm³/mol. The summed E-state index contributed by atoms with van der Waals surface area (Å²) >= 11 is 0. The van der Waals surface area contributed by atoms with Crippen molar-refractivity contribution in [2.75, 3.05) is 10.6 Å². The lowest BCUT2D eigenvalue weighted by molar-refractivity contribution is 0.773. The van der Waals surface area contributed by atoms with Gasteiger partial charge in [0.15, 0.2) is 0 Å². The molecule has 3 heteroatoms. The first-order valence-corrected chi connectivity index (χ1v) is 20.3. The molecule has 282 valence electrons. The minimum atomic E-state index is -0.0847. The molecule has 0 spiro atoms. The Labute approximate surface area is 334 Å². The van der Waals surface area contributed by atoms with Gasteiger partial charge >= 0.3 is 0 Å². The van der Waals surface area contributed by atoms with Crippen molar-refractivity contribution in [2.24, 2.45) is 0 Å². The fraction of sp³-hybridized carbons (Fsp3) is 0.226. The number of nitrogens with zero attached hydrogens (tertiary/aromatic N) is 1. The summed E-state index contributed by atoms with van der Waals surface area (Å²) < 4.78 is 0. The van der Waals surface area contributed by atoms with Crippen LogP contribution in [0, 0.1) is 13.8 Å². The van der Waals surface area contributed by atoms with E-state index >= 15 is 0 Å². The number of pyridine rings is 1. The molecule has 0 radical (unpaired) electrons. The van der Waals surface area contributed by atoms with Crippen molar-refractivity contribution < 1.29 is 0 Å². The quantitative estimate of drug-likeness (QED) is 0.109. The van der Waals surface area contributed by atoms with Crippen LogP contribution in [0.2, 0.25) is 0 Å². The largest absolute Gasteiger partial charge is 0.377 e. The van der Waals surface area contributed by atoms with Crippen molar-refractivity contribution >= 4 is 11.4 Å². The summed E-state index contributed by atoms with van der Waals surface area (Å²) in [7, 11) is 0. The molecule has 3 nitrogen and oxygen atoms in total. The van der Waals surface area contributed by atoms with Gasteiger partial charge in [0.05, 0.1) is 23.5 Å². The molecule has 0 amide bonds. The Bertz CT molecular complexity index is 2130. The van der Waals surface area contributed by atoms with Gasteiger partial charge < -0.3 is 10.6 Å². The first kappa shape index (κ1) is 38.3. The molecule has 1 aromatic heterocycles. The highest BCUT2D eigenvalue weighted by Gasteiger charge is 2.28. The van der Waals surface area contributed by atoms with Gasteiger partial charge in [-0.25, -0.2) is 0 Å². The normalized spacial score (nSPS) is 12.4. The Kier molecular flexibility index (Phi) is 12.1.